The van der Waals surface area contributed by atoms with Crippen LogP contribution in [0.3, 0.4) is 0 Å². The first-order valence-electron chi connectivity index (χ1n) is 6.87. The number of hydrogen-bond donors (Lipinski definition) is 3. The van der Waals surface area contributed by atoms with Crippen molar-refractivity contribution in [1.29, 1.82) is 0 Å². The second-order valence-corrected chi connectivity index (χ2v) is 6.31. The van der Waals surface area contributed by atoms with Crippen LogP contribution in [0, 0.1) is 5.92 Å². The van der Waals surface area contributed by atoms with E-state index in [1.807, 2.05) is 13.8 Å². The van der Waals surface area contributed by atoms with E-state index >= 15 is 0 Å². The molecule has 0 saturated carbocycles. The number of hydrogen-bond acceptors (Lipinski definition) is 6. The normalized spacial score (nSPS) is 14.7. The number of halogens is 1. The second kappa shape index (κ2) is 8.42. The van der Waals surface area contributed by atoms with E-state index < -0.39 is 6.04 Å². The molecule has 0 fully saturated rings. The van der Waals surface area contributed by atoms with Gasteiger partial charge < -0.3 is 21.1 Å². The molecule has 7 nitrogen and oxygen atoms in total. The first-order valence-corrected chi connectivity index (χ1v) is 7.68. The van der Waals surface area contributed by atoms with Crippen molar-refractivity contribution in [3.63, 3.8) is 0 Å². The summed E-state index contributed by atoms with van der Waals surface area (Å²) in [4.78, 5) is 28.8. The van der Waals surface area contributed by atoms with Crippen molar-refractivity contribution >= 4 is 40.7 Å². The zero-order chi connectivity index (χ0) is 15.4. The van der Waals surface area contributed by atoms with Crippen molar-refractivity contribution < 1.29 is 14.3 Å². The Kier molecular flexibility index (Phi) is 7.21. The van der Waals surface area contributed by atoms with E-state index in [0.29, 0.717) is 18.3 Å². The minimum atomic E-state index is -0.609. The third-order valence-corrected chi connectivity index (χ3v) is 4.17. The number of rotatable bonds is 5. The molecule has 0 spiro atoms. The Labute approximate surface area is 139 Å². The van der Waals surface area contributed by atoms with E-state index in [2.05, 4.69) is 15.6 Å². The van der Waals surface area contributed by atoms with Crippen LogP contribution in [0.1, 0.15) is 24.4 Å². The predicted octanol–water partition coefficient (Wildman–Crippen LogP) is 0.676. The van der Waals surface area contributed by atoms with Crippen LogP contribution in [0.25, 0.3) is 0 Å². The van der Waals surface area contributed by atoms with Crippen LogP contribution in [0.4, 0.5) is 5.13 Å². The predicted molar refractivity (Wildman–Crippen MR) is 87.2 cm³/mol. The molecule has 1 aliphatic heterocycles. The first kappa shape index (κ1) is 18.8. The third-order valence-electron chi connectivity index (χ3n) is 3.19. The van der Waals surface area contributed by atoms with Gasteiger partial charge in [0.1, 0.15) is 0 Å². The van der Waals surface area contributed by atoms with Gasteiger partial charge >= 0.3 is 0 Å². The molecule has 0 unspecified atom stereocenters. The van der Waals surface area contributed by atoms with Crippen molar-refractivity contribution in [3.8, 4) is 0 Å². The molecule has 0 saturated heterocycles. The number of fused-ring (bicyclic) bond motifs is 1. The standard InChI is InChI=1S/C13H20N4O3S.ClH/c1-7(2)11(14)12(19)15-5-10(18)17-13-16-8-3-4-20-6-9(8)21-13;/h7,11H,3-6,14H2,1-2H3,(H,15,19)(H,16,17,18);1H/t11-;/m0./s1. The van der Waals surface area contributed by atoms with Crippen LogP contribution in [0.2, 0.25) is 0 Å². The maximum absolute atomic E-state index is 11.8. The molecule has 124 valence electrons. The highest BCUT2D eigenvalue weighted by Gasteiger charge is 2.19. The summed E-state index contributed by atoms with van der Waals surface area (Å²) in [5.74, 6) is -0.614. The van der Waals surface area contributed by atoms with Gasteiger partial charge in [0.05, 0.1) is 36.4 Å². The summed E-state index contributed by atoms with van der Waals surface area (Å²) in [7, 11) is 0. The van der Waals surface area contributed by atoms with Crippen LogP contribution in [-0.2, 0) is 27.4 Å². The highest BCUT2D eigenvalue weighted by molar-refractivity contribution is 7.15. The topological polar surface area (TPSA) is 106 Å². The maximum atomic E-state index is 11.8. The van der Waals surface area contributed by atoms with Gasteiger partial charge in [0.2, 0.25) is 11.8 Å². The van der Waals surface area contributed by atoms with Gasteiger partial charge in [-0.1, -0.05) is 25.2 Å². The summed E-state index contributed by atoms with van der Waals surface area (Å²) < 4.78 is 5.33. The summed E-state index contributed by atoms with van der Waals surface area (Å²) in [5, 5.41) is 5.74. The van der Waals surface area contributed by atoms with Gasteiger partial charge in [-0.05, 0) is 5.92 Å². The molecule has 0 bridgehead atoms. The van der Waals surface area contributed by atoms with Gasteiger partial charge in [0, 0.05) is 6.42 Å². The van der Waals surface area contributed by atoms with Gasteiger partial charge in [-0.15, -0.1) is 12.4 Å². The van der Waals surface area contributed by atoms with E-state index in [9.17, 15) is 9.59 Å². The van der Waals surface area contributed by atoms with Crippen molar-refractivity contribution in [2.75, 3.05) is 18.5 Å². The lowest BCUT2D eigenvalue weighted by Crippen LogP contribution is -2.46. The number of thiazole rings is 1. The van der Waals surface area contributed by atoms with E-state index in [4.69, 9.17) is 10.5 Å². The molecular formula is C13H21ClN4O3S. The smallest absolute Gasteiger partial charge is 0.245 e. The molecule has 1 aromatic rings. The minimum absolute atomic E-state index is 0. The SMILES string of the molecule is CC(C)[C@H](N)C(=O)NCC(=O)Nc1nc2c(s1)COCC2.Cl. The highest BCUT2D eigenvalue weighted by atomic mass is 35.5. The molecule has 1 aliphatic rings. The fraction of sp³-hybridized carbons (Fsp3) is 0.615. The molecule has 0 radical (unpaired) electrons. The quantitative estimate of drug-likeness (QED) is 0.725. The number of carbonyl (C=O) groups is 2. The number of anilines is 1. The monoisotopic (exact) mass is 348 g/mol. The number of nitrogens with zero attached hydrogens (tertiary/aromatic N) is 1. The molecule has 9 heteroatoms. The van der Waals surface area contributed by atoms with Gasteiger partial charge in [-0.3, -0.25) is 9.59 Å². The van der Waals surface area contributed by atoms with Gasteiger partial charge in [0.15, 0.2) is 5.13 Å². The Balaban J connectivity index is 0.00000242. The molecular weight excluding hydrogens is 328 g/mol. The Morgan fingerprint density at radius 2 is 2.18 bits per heavy atom. The minimum Gasteiger partial charge on any atom is -0.375 e. The Morgan fingerprint density at radius 1 is 1.45 bits per heavy atom. The van der Waals surface area contributed by atoms with Gasteiger partial charge in [0.25, 0.3) is 0 Å². The van der Waals surface area contributed by atoms with Crippen LogP contribution >= 0.6 is 23.7 Å². The number of nitrogens with one attached hydrogen (secondary N) is 2. The molecule has 0 aliphatic carbocycles. The molecule has 0 aromatic carbocycles. The highest BCUT2D eigenvalue weighted by Crippen LogP contribution is 2.26. The summed E-state index contributed by atoms with van der Waals surface area (Å²) in [6.45, 7) is 4.80. The molecule has 1 aromatic heterocycles. The Morgan fingerprint density at radius 3 is 2.82 bits per heavy atom. The molecule has 22 heavy (non-hydrogen) atoms. The van der Waals surface area contributed by atoms with Gasteiger partial charge in [-0.25, -0.2) is 4.98 Å². The zero-order valence-corrected chi connectivity index (χ0v) is 14.2. The fourth-order valence-electron chi connectivity index (χ4n) is 1.83. The lowest BCUT2D eigenvalue weighted by molar-refractivity contribution is -0.125. The number of amides is 2. The van der Waals surface area contributed by atoms with E-state index in [0.717, 1.165) is 17.0 Å². The zero-order valence-electron chi connectivity index (χ0n) is 12.5. The molecule has 2 amide bonds. The van der Waals surface area contributed by atoms with E-state index in [-0.39, 0.29) is 36.7 Å². The number of ether oxygens (including phenoxy) is 1. The first-order chi connectivity index (χ1) is 9.97. The molecule has 1 atom stereocenters. The van der Waals surface area contributed by atoms with Crippen LogP contribution in [0.5, 0.6) is 0 Å². The van der Waals surface area contributed by atoms with Crippen molar-refractivity contribution in [1.82, 2.24) is 10.3 Å². The van der Waals surface area contributed by atoms with Gasteiger partial charge in [-0.2, -0.15) is 0 Å². The Hall–Kier alpha value is -1.22. The summed E-state index contributed by atoms with van der Waals surface area (Å²) >= 11 is 1.40. The summed E-state index contributed by atoms with van der Waals surface area (Å²) in [6.07, 6.45) is 0.766. The molecule has 4 N–H and O–H groups in total. The average molecular weight is 349 g/mol. The van der Waals surface area contributed by atoms with E-state index in [1.54, 1.807) is 0 Å². The molecule has 2 rings (SSSR count). The van der Waals surface area contributed by atoms with E-state index in [1.165, 1.54) is 11.3 Å². The maximum Gasteiger partial charge on any atom is 0.245 e. The second-order valence-electron chi connectivity index (χ2n) is 5.23. The average Bonchev–Trinajstić information content (AvgIpc) is 2.85. The van der Waals surface area contributed by atoms with Crippen molar-refractivity contribution in [2.45, 2.75) is 32.9 Å². The fourth-order valence-corrected chi connectivity index (χ4v) is 2.79. The van der Waals surface area contributed by atoms with Crippen LogP contribution in [0.15, 0.2) is 0 Å². The summed E-state index contributed by atoms with van der Waals surface area (Å²) in [5.41, 5.74) is 6.68. The molecule has 2 heterocycles. The largest absolute Gasteiger partial charge is 0.375 e. The lowest BCUT2D eigenvalue weighted by Gasteiger charge is -2.14. The number of aromatic nitrogens is 1. The third kappa shape index (κ3) is 4.91. The van der Waals surface area contributed by atoms with Crippen LogP contribution < -0.4 is 16.4 Å². The number of carbonyl (C=O) groups excluding carboxylic acids is 2. The summed E-state index contributed by atoms with van der Waals surface area (Å²) in [6, 6.07) is -0.609. The van der Waals surface area contributed by atoms with Crippen molar-refractivity contribution in [2.24, 2.45) is 11.7 Å². The van der Waals surface area contributed by atoms with Crippen LogP contribution in [-0.4, -0.2) is 36.0 Å². The Bertz CT molecular complexity index is 512. The number of nitrogens with two attached hydrogens (primary N) is 1. The van der Waals surface area contributed by atoms with Crippen molar-refractivity contribution in [3.05, 3.63) is 10.6 Å². The lowest BCUT2D eigenvalue weighted by atomic mass is 10.1.